The van der Waals surface area contributed by atoms with Crippen molar-refractivity contribution in [1.82, 2.24) is 14.8 Å². The van der Waals surface area contributed by atoms with Gasteiger partial charge in [-0.2, -0.15) is 0 Å². The topological polar surface area (TPSA) is 66.9 Å². The van der Waals surface area contributed by atoms with Crippen LogP contribution >= 0.6 is 0 Å². The summed E-state index contributed by atoms with van der Waals surface area (Å²) in [5.74, 6) is 1.62. The first kappa shape index (κ1) is 19.0. The van der Waals surface area contributed by atoms with Crippen LogP contribution in [0.15, 0.2) is 42.7 Å². The van der Waals surface area contributed by atoms with Crippen molar-refractivity contribution >= 4 is 11.6 Å². The molecule has 1 saturated heterocycles. The minimum atomic E-state index is 0.0359. The minimum absolute atomic E-state index is 0.0359. The van der Waals surface area contributed by atoms with Crippen molar-refractivity contribution in [3.63, 3.8) is 0 Å². The Morgan fingerprint density at radius 1 is 1.11 bits per heavy atom. The van der Waals surface area contributed by atoms with E-state index in [1.54, 1.807) is 19.5 Å². The number of hydrogen-bond donors (Lipinski definition) is 1. The predicted octanol–water partition coefficient (Wildman–Crippen LogP) is 1.97. The molecule has 1 amide bonds. The molecule has 1 aromatic heterocycles. The number of amides is 1. The second kappa shape index (κ2) is 9.23. The van der Waals surface area contributed by atoms with E-state index < -0.39 is 0 Å². The third kappa shape index (κ3) is 5.34. The molecule has 1 aromatic carbocycles. The van der Waals surface area contributed by atoms with Gasteiger partial charge in [0.25, 0.3) is 5.91 Å². The number of carbonyl (C=O) groups is 1. The number of likely N-dealkylation sites (N-methyl/N-ethyl adjacent to an activating group) is 1. The number of ether oxygens (including phenoxy) is 2. The summed E-state index contributed by atoms with van der Waals surface area (Å²) >= 11 is 0. The molecule has 0 saturated carbocycles. The Morgan fingerprint density at radius 2 is 1.81 bits per heavy atom. The molecule has 27 heavy (non-hydrogen) atoms. The van der Waals surface area contributed by atoms with Crippen LogP contribution in [0.2, 0.25) is 0 Å². The van der Waals surface area contributed by atoms with Crippen LogP contribution in [0, 0.1) is 0 Å². The summed E-state index contributed by atoms with van der Waals surface area (Å²) in [5, 5.41) is 3.25. The van der Waals surface area contributed by atoms with Crippen LogP contribution in [0.25, 0.3) is 0 Å². The van der Waals surface area contributed by atoms with E-state index in [1.807, 2.05) is 35.2 Å². The number of carbonyl (C=O) groups excluding carboxylic acids is 1. The van der Waals surface area contributed by atoms with Gasteiger partial charge in [-0.25, -0.2) is 0 Å². The molecule has 144 valence electrons. The fourth-order valence-electron chi connectivity index (χ4n) is 2.88. The molecule has 3 rings (SSSR count). The van der Waals surface area contributed by atoms with Crippen LogP contribution in [0.5, 0.6) is 11.5 Å². The van der Waals surface area contributed by atoms with Gasteiger partial charge in [-0.3, -0.25) is 9.78 Å². The summed E-state index contributed by atoms with van der Waals surface area (Å²) in [6.07, 6.45) is 3.34. The molecular weight excluding hydrogens is 344 g/mol. The van der Waals surface area contributed by atoms with Crippen molar-refractivity contribution in [2.75, 3.05) is 58.8 Å². The first-order valence-corrected chi connectivity index (χ1v) is 9.09. The lowest BCUT2D eigenvalue weighted by molar-refractivity contribution is 0.0663. The van der Waals surface area contributed by atoms with Crippen molar-refractivity contribution in [3.05, 3.63) is 48.3 Å². The van der Waals surface area contributed by atoms with Gasteiger partial charge in [0.2, 0.25) is 0 Å². The Hall–Kier alpha value is -2.80. The maximum atomic E-state index is 12.6. The lowest BCUT2D eigenvalue weighted by atomic mass is 10.2. The molecule has 1 aliphatic rings. The fraction of sp³-hybridized carbons (Fsp3) is 0.400. The summed E-state index contributed by atoms with van der Waals surface area (Å²) in [7, 11) is 3.71. The molecular formula is C20H26N4O3. The minimum Gasteiger partial charge on any atom is -0.497 e. The van der Waals surface area contributed by atoms with Gasteiger partial charge in [0.15, 0.2) is 0 Å². The highest BCUT2D eigenvalue weighted by atomic mass is 16.5. The first-order valence-electron chi connectivity index (χ1n) is 9.09. The van der Waals surface area contributed by atoms with Crippen molar-refractivity contribution in [2.45, 2.75) is 0 Å². The van der Waals surface area contributed by atoms with E-state index >= 15 is 0 Å². The standard InChI is InChI=1S/C20H26N4O3/c1-23-8-10-24(11-9-23)20(25)16-13-17(15-21-14-16)22-7-12-27-19-5-3-18(26-2)4-6-19/h3-6,13-15,22H,7-12H2,1-2H3. The molecule has 0 bridgehead atoms. The molecule has 0 atom stereocenters. The molecule has 7 heteroatoms. The number of benzene rings is 1. The molecule has 0 spiro atoms. The number of pyridine rings is 1. The molecule has 2 aromatic rings. The average Bonchev–Trinajstić information content (AvgIpc) is 2.72. The van der Waals surface area contributed by atoms with Gasteiger partial charge < -0.3 is 24.6 Å². The fourth-order valence-corrected chi connectivity index (χ4v) is 2.88. The highest BCUT2D eigenvalue weighted by Crippen LogP contribution is 2.17. The largest absolute Gasteiger partial charge is 0.497 e. The van der Waals surface area contributed by atoms with Crippen molar-refractivity contribution < 1.29 is 14.3 Å². The molecule has 2 heterocycles. The normalized spacial score (nSPS) is 14.7. The van der Waals surface area contributed by atoms with E-state index in [1.165, 1.54) is 0 Å². The van der Waals surface area contributed by atoms with Crippen LogP contribution in [0.4, 0.5) is 5.69 Å². The van der Waals surface area contributed by atoms with Gasteiger partial charge in [0.1, 0.15) is 18.1 Å². The SMILES string of the molecule is COc1ccc(OCCNc2cncc(C(=O)N3CCN(C)CC3)c2)cc1. The number of aromatic nitrogens is 1. The average molecular weight is 370 g/mol. The third-order valence-electron chi connectivity index (χ3n) is 4.54. The van der Waals surface area contributed by atoms with Gasteiger partial charge in [-0.15, -0.1) is 0 Å². The maximum Gasteiger partial charge on any atom is 0.255 e. The molecule has 0 aliphatic carbocycles. The predicted molar refractivity (Wildman–Crippen MR) is 105 cm³/mol. The van der Waals surface area contributed by atoms with Gasteiger partial charge in [-0.05, 0) is 37.4 Å². The number of hydrogen-bond acceptors (Lipinski definition) is 6. The van der Waals surface area contributed by atoms with Gasteiger partial charge >= 0.3 is 0 Å². The van der Waals surface area contributed by atoms with Crippen LogP contribution in [0.3, 0.4) is 0 Å². The lowest BCUT2D eigenvalue weighted by Crippen LogP contribution is -2.47. The number of anilines is 1. The summed E-state index contributed by atoms with van der Waals surface area (Å²) in [6.45, 7) is 4.42. The summed E-state index contributed by atoms with van der Waals surface area (Å²) in [4.78, 5) is 20.9. The highest BCUT2D eigenvalue weighted by molar-refractivity contribution is 5.94. The Balaban J connectivity index is 1.47. The van der Waals surface area contributed by atoms with Crippen LogP contribution in [0.1, 0.15) is 10.4 Å². The number of methoxy groups -OCH3 is 1. The zero-order valence-electron chi connectivity index (χ0n) is 15.9. The van der Waals surface area contributed by atoms with Crippen LogP contribution in [-0.4, -0.2) is 74.2 Å². The quantitative estimate of drug-likeness (QED) is 0.752. The monoisotopic (exact) mass is 370 g/mol. The molecule has 0 radical (unpaired) electrons. The first-order chi connectivity index (χ1) is 13.2. The Labute approximate surface area is 159 Å². The van der Waals surface area contributed by atoms with E-state index in [0.29, 0.717) is 18.7 Å². The van der Waals surface area contributed by atoms with Gasteiger partial charge in [0.05, 0.1) is 18.4 Å². The van der Waals surface area contributed by atoms with E-state index in [0.717, 1.165) is 43.4 Å². The van der Waals surface area contributed by atoms with E-state index in [2.05, 4.69) is 22.2 Å². The molecule has 0 unspecified atom stereocenters. The Kier molecular flexibility index (Phi) is 6.49. The summed E-state index contributed by atoms with van der Waals surface area (Å²) in [6, 6.07) is 9.31. The highest BCUT2D eigenvalue weighted by Gasteiger charge is 2.20. The molecule has 1 aliphatic heterocycles. The maximum absolute atomic E-state index is 12.6. The number of nitrogens with zero attached hydrogens (tertiary/aromatic N) is 3. The number of piperazine rings is 1. The van der Waals surface area contributed by atoms with E-state index in [4.69, 9.17) is 9.47 Å². The second-order valence-electron chi connectivity index (χ2n) is 6.51. The molecule has 1 fully saturated rings. The smallest absolute Gasteiger partial charge is 0.255 e. The summed E-state index contributed by atoms with van der Waals surface area (Å²) < 4.78 is 10.8. The third-order valence-corrected chi connectivity index (χ3v) is 4.54. The van der Waals surface area contributed by atoms with E-state index in [-0.39, 0.29) is 5.91 Å². The van der Waals surface area contributed by atoms with E-state index in [9.17, 15) is 4.79 Å². The van der Waals surface area contributed by atoms with Gasteiger partial charge in [-0.1, -0.05) is 0 Å². The number of nitrogens with one attached hydrogen (secondary N) is 1. The second-order valence-corrected chi connectivity index (χ2v) is 6.51. The van der Waals surface area contributed by atoms with Gasteiger partial charge in [0, 0.05) is 45.1 Å². The molecule has 7 nitrogen and oxygen atoms in total. The van der Waals surface area contributed by atoms with Crippen molar-refractivity contribution in [2.24, 2.45) is 0 Å². The van der Waals surface area contributed by atoms with Crippen LogP contribution < -0.4 is 14.8 Å². The Bertz CT molecular complexity index is 743. The van der Waals surface area contributed by atoms with Crippen molar-refractivity contribution in [3.8, 4) is 11.5 Å². The van der Waals surface area contributed by atoms with Crippen molar-refractivity contribution in [1.29, 1.82) is 0 Å². The molecule has 1 N–H and O–H groups in total. The zero-order valence-corrected chi connectivity index (χ0v) is 15.9. The van der Waals surface area contributed by atoms with Crippen LogP contribution in [-0.2, 0) is 0 Å². The zero-order chi connectivity index (χ0) is 19.1. The number of rotatable bonds is 7. The Morgan fingerprint density at radius 3 is 2.52 bits per heavy atom. The summed E-state index contributed by atoms with van der Waals surface area (Å²) in [5.41, 5.74) is 1.42. The lowest BCUT2D eigenvalue weighted by Gasteiger charge is -2.32.